The van der Waals surface area contributed by atoms with Gasteiger partial charge in [-0.3, -0.25) is 5.32 Å². The van der Waals surface area contributed by atoms with E-state index in [1.54, 1.807) is 0 Å². The molecule has 2 bridgehead atoms. The van der Waals surface area contributed by atoms with Gasteiger partial charge in [-0.25, -0.2) is 4.79 Å². The Hall–Kier alpha value is -0.610. The molecule has 86 valence electrons. The molecular weight excluding hydrogens is 194 g/mol. The summed E-state index contributed by atoms with van der Waals surface area (Å²) < 4.78 is 5.35. The van der Waals surface area contributed by atoms with Gasteiger partial charge in [-0.15, -0.1) is 0 Å². The monoisotopic (exact) mass is 213 g/mol. The zero-order valence-corrected chi connectivity index (χ0v) is 9.54. The highest BCUT2D eigenvalue weighted by Crippen LogP contribution is 2.39. The zero-order chi connectivity index (χ0) is 11.3. The second-order valence-electron chi connectivity index (χ2n) is 5.60. The first-order valence-electron chi connectivity index (χ1n) is 5.53. The standard InChI is InChI=1S/C11H19NO3/c1-10(2,3)15-9(14)11-5-4-7(12-11)6-8(11)13/h7-8,12-13H,4-6H2,1-3H3/t7?,8-,11+/m1/s1. The predicted molar refractivity (Wildman–Crippen MR) is 55.4 cm³/mol. The van der Waals surface area contributed by atoms with Crippen LogP contribution in [0.5, 0.6) is 0 Å². The van der Waals surface area contributed by atoms with Gasteiger partial charge in [0.15, 0.2) is 0 Å². The van der Waals surface area contributed by atoms with Gasteiger partial charge in [-0.1, -0.05) is 0 Å². The molecule has 2 aliphatic heterocycles. The summed E-state index contributed by atoms with van der Waals surface area (Å²) >= 11 is 0. The van der Waals surface area contributed by atoms with Crippen molar-refractivity contribution in [3.05, 3.63) is 0 Å². The Morgan fingerprint density at radius 3 is 2.60 bits per heavy atom. The summed E-state index contributed by atoms with van der Waals surface area (Å²) in [5, 5.41) is 13.1. The van der Waals surface area contributed by atoms with Crippen molar-refractivity contribution in [2.45, 2.75) is 63.3 Å². The first-order valence-corrected chi connectivity index (χ1v) is 5.53. The second-order valence-corrected chi connectivity index (χ2v) is 5.60. The summed E-state index contributed by atoms with van der Waals surface area (Å²) in [5.41, 5.74) is -1.31. The van der Waals surface area contributed by atoms with Crippen molar-refractivity contribution in [1.82, 2.24) is 5.32 Å². The molecule has 2 fully saturated rings. The molecule has 0 spiro atoms. The molecular formula is C11H19NO3. The normalized spacial score (nSPS) is 39.5. The van der Waals surface area contributed by atoms with Crippen LogP contribution >= 0.6 is 0 Å². The van der Waals surface area contributed by atoms with Gasteiger partial charge in [0.05, 0.1) is 6.10 Å². The predicted octanol–water partition coefficient (Wildman–Crippen LogP) is 0.584. The summed E-state index contributed by atoms with van der Waals surface area (Å²) in [6.07, 6.45) is 1.72. The van der Waals surface area contributed by atoms with E-state index in [2.05, 4.69) is 5.32 Å². The molecule has 0 aromatic carbocycles. The van der Waals surface area contributed by atoms with Crippen molar-refractivity contribution in [3.63, 3.8) is 0 Å². The highest BCUT2D eigenvalue weighted by atomic mass is 16.6. The van der Waals surface area contributed by atoms with Crippen LogP contribution in [0, 0.1) is 0 Å². The third kappa shape index (κ3) is 1.76. The Morgan fingerprint density at radius 1 is 1.53 bits per heavy atom. The number of rotatable bonds is 1. The number of hydrogen-bond donors (Lipinski definition) is 2. The van der Waals surface area contributed by atoms with Gasteiger partial charge in [0, 0.05) is 6.04 Å². The highest BCUT2D eigenvalue weighted by molar-refractivity contribution is 5.83. The number of aliphatic hydroxyl groups is 1. The van der Waals surface area contributed by atoms with Gasteiger partial charge < -0.3 is 9.84 Å². The van der Waals surface area contributed by atoms with E-state index in [-0.39, 0.29) is 12.0 Å². The third-order valence-corrected chi connectivity index (χ3v) is 3.19. The number of nitrogens with one attached hydrogen (secondary N) is 1. The van der Waals surface area contributed by atoms with Crippen LogP contribution in [-0.2, 0) is 9.53 Å². The van der Waals surface area contributed by atoms with E-state index >= 15 is 0 Å². The quantitative estimate of drug-likeness (QED) is 0.626. The molecule has 0 amide bonds. The van der Waals surface area contributed by atoms with Gasteiger partial charge >= 0.3 is 5.97 Å². The number of carbonyl (C=O) groups is 1. The summed E-state index contributed by atoms with van der Waals surface area (Å²) in [7, 11) is 0. The zero-order valence-electron chi connectivity index (χ0n) is 9.54. The fourth-order valence-electron chi connectivity index (χ4n) is 2.49. The minimum absolute atomic E-state index is 0.285. The molecule has 0 saturated carbocycles. The summed E-state index contributed by atoms with van der Waals surface area (Å²) in [4.78, 5) is 12.0. The number of hydrogen-bond acceptors (Lipinski definition) is 4. The van der Waals surface area contributed by atoms with Crippen LogP contribution in [0.4, 0.5) is 0 Å². The summed E-state index contributed by atoms with van der Waals surface area (Å²) in [5.74, 6) is -0.303. The lowest BCUT2D eigenvalue weighted by atomic mass is 9.85. The largest absolute Gasteiger partial charge is 0.459 e. The Bertz CT molecular complexity index is 284. The molecule has 2 heterocycles. The number of carbonyl (C=O) groups excluding carboxylic acids is 1. The van der Waals surface area contributed by atoms with E-state index in [1.807, 2.05) is 20.8 Å². The maximum absolute atomic E-state index is 12.0. The number of esters is 1. The average molecular weight is 213 g/mol. The summed E-state index contributed by atoms with van der Waals surface area (Å²) in [6, 6.07) is 0.285. The average Bonchev–Trinajstić information content (AvgIpc) is 2.58. The molecule has 0 aromatic rings. The molecule has 0 aliphatic carbocycles. The van der Waals surface area contributed by atoms with E-state index in [0.29, 0.717) is 12.8 Å². The minimum atomic E-state index is -0.821. The highest BCUT2D eigenvalue weighted by Gasteiger charge is 2.57. The fraction of sp³-hybridized carbons (Fsp3) is 0.909. The Balaban J connectivity index is 2.12. The van der Waals surface area contributed by atoms with Crippen molar-refractivity contribution >= 4 is 5.97 Å². The maximum atomic E-state index is 12.0. The van der Waals surface area contributed by atoms with Crippen LogP contribution in [0.15, 0.2) is 0 Å². The van der Waals surface area contributed by atoms with E-state index < -0.39 is 17.2 Å². The van der Waals surface area contributed by atoms with E-state index in [9.17, 15) is 9.90 Å². The van der Waals surface area contributed by atoms with E-state index in [0.717, 1.165) is 6.42 Å². The SMILES string of the molecule is CC(C)(C)OC(=O)[C@]12CCC(C[C@H]1O)N2. The fourth-order valence-corrected chi connectivity index (χ4v) is 2.49. The maximum Gasteiger partial charge on any atom is 0.329 e. The number of aliphatic hydroxyl groups excluding tert-OH is 1. The molecule has 2 rings (SSSR count). The topological polar surface area (TPSA) is 58.6 Å². The van der Waals surface area contributed by atoms with Crippen LogP contribution in [0.25, 0.3) is 0 Å². The van der Waals surface area contributed by atoms with E-state index in [1.165, 1.54) is 0 Å². The second kappa shape index (κ2) is 3.19. The lowest BCUT2D eigenvalue weighted by Crippen LogP contribution is -2.54. The van der Waals surface area contributed by atoms with Crippen LogP contribution < -0.4 is 5.32 Å². The van der Waals surface area contributed by atoms with Crippen LogP contribution in [-0.4, -0.2) is 34.4 Å². The summed E-state index contributed by atoms with van der Waals surface area (Å²) in [6.45, 7) is 5.53. The number of ether oxygens (including phenoxy) is 1. The minimum Gasteiger partial charge on any atom is -0.459 e. The van der Waals surface area contributed by atoms with Gasteiger partial charge in [-0.2, -0.15) is 0 Å². The van der Waals surface area contributed by atoms with Gasteiger partial charge in [-0.05, 0) is 40.0 Å². The molecule has 4 heteroatoms. The van der Waals surface area contributed by atoms with Crippen LogP contribution in [0.3, 0.4) is 0 Å². The first-order chi connectivity index (χ1) is 6.83. The van der Waals surface area contributed by atoms with Crippen LogP contribution in [0.2, 0.25) is 0 Å². The third-order valence-electron chi connectivity index (χ3n) is 3.19. The molecule has 2 saturated heterocycles. The molecule has 2 N–H and O–H groups in total. The van der Waals surface area contributed by atoms with E-state index in [4.69, 9.17) is 4.74 Å². The van der Waals surface area contributed by atoms with Crippen LogP contribution in [0.1, 0.15) is 40.0 Å². The Kier molecular flexibility index (Phi) is 2.32. The lowest BCUT2D eigenvalue weighted by molar-refractivity contribution is -0.166. The van der Waals surface area contributed by atoms with Gasteiger partial charge in [0.25, 0.3) is 0 Å². The molecule has 1 unspecified atom stereocenters. The molecule has 3 atom stereocenters. The van der Waals surface area contributed by atoms with Crippen molar-refractivity contribution in [2.24, 2.45) is 0 Å². The van der Waals surface area contributed by atoms with Crippen molar-refractivity contribution in [3.8, 4) is 0 Å². The lowest BCUT2D eigenvalue weighted by Gasteiger charge is -2.32. The molecule has 2 aliphatic rings. The van der Waals surface area contributed by atoms with Crippen molar-refractivity contribution in [2.75, 3.05) is 0 Å². The van der Waals surface area contributed by atoms with Crippen molar-refractivity contribution < 1.29 is 14.6 Å². The van der Waals surface area contributed by atoms with Gasteiger partial charge in [0.2, 0.25) is 0 Å². The molecule has 0 radical (unpaired) electrons. The molecule has 4 nitrogen and oxygen atoms in total. The Morgan fingerprint density at radius 2 is 2.20 bits per heavy atom. The smallest absolute Gasteiger partial charge is 0.329 e. The Labute approximate surface area is 90.0 Å². The number of fused-ring (bicyclic) bond motifs is 2. The van der Waals surface area contributed by atoms with Crippen molar-refractivity contribution in [1.29, 1.82) is 0 Å². The van der Waals surface area contributed by atoms with Gasteiger partial charge in [0.1, 0.15) is 11.1 Å². The molecule has 0 aromatic heterocycles. The molecule has 15 heavy (non-hydrogen) atoms. The first kappa shape index (κ1) is 10.9.